The third-order valence-electron chi connectivity index (χ3n) is 3.77. The van der Waals surface area contributed by atoms with Crippen molar-refractivity contribution < 1.29 is 5.11 Å². The van der Waals surface area contributed by atoms with Gasteiger partial charge in [-0.25, -0.2) is 0 Å². The van der Waals surface area contributed by atoms with Gasteiger partial charge in [0, 0.05) is 23.6 Å². The fourth-order valence-corrected chi connectivity index (χ4v) is 2.59. The second-order valence-electron chi connectivity index (χ2n) is 5.24. The topological polar surface area (TPSA) is 48.0 Å². The van der Waals surface area contributed by atoms with Gasteiger partial charge in [-0.1, -0.05) is 48.5 Å². The van der Waals surface area contributed by atoms with E-state index < -0.39 is 6.10 Å². The first-order chi connectivity index (χ1) is 10.3. The van der Waals surface area contributed by atoms with Gasteiger partial charge in [-0.05, 0) is 30.2 Å². The number of rotatable bonds is 6. The van der Waals surface area contributed by atoms with Crippen molar-refractivity contribution in [1.29, 1.82) is 0 Å². The molecule has 0 aliphatic heterocycles. The summed E-state index contributed by atoms with van der Waals surface area (Å²) in [4.78, 5) is 3.29. The van der Waals surface area contributed by atoms with Crippen molar-refractivity contribution in [2.24, 2.45) is 0 Å². The van der Waals surface area contributed by atoms with Crippen LogP contribution in [0.4, 0.5) is 0 Å². The molecule has 1 atom stereocenters. The maximum atomic E-state index is 10.1. The van der Waals surface area contributed by atoms with Crippen LogP contribution in [0.1, 0.15) is 17.2 Å². The van der Waals surface area contributed by atoms with Crippen LogP contribution < -0.4 is 5.32 Å². The number of aromatic amines is 1. The van der Waals surface area contributed by atoms with Crippen LogP contribution in [-0.4, -0.2) is 23.2 Å². The highest BCUT2D eigenvalue weighted by molar-refractivity contribution is 5.83. The Morgan fingerprint density at radius 1 is 1.00 bits per heavy atom. The minimum absolute atomic E-state index is 0.450. The molecule has 0 amide bonds. The highest BCUT2D eigenvalue weighted by atomic mass is 16.3. The minimum atomic E-state index is -0.450. The Kier molecular flexibility index (Phi) is 4.34. The summed E-state index contributed by atoms with van der Waals surface area (Å²) in [5.74, 6) is 0. The molecule has 3 nitrogen and oxygen atoms in total. The van der Waals surface area contributed by atoms with Crippen LogP contribution in [0.15, 0.2) is 60.8 Å². The lowest BCUT2D eigenvalue weighted by Crippen LogP contribution is -2.23. The highest BCUT2D eigenvalue weighted by Crippen LogP contribution is 2.17. The van der Waals surface area contributed by atoms with E-state index in [0.717, 1.165) is 18.5 Å². The number of hydrogen-bond acceptors (Lipinski definition) is 2. The second-order valence-corrected chi connectivity index (χ2v) is 5.24. The van der Waals surface area contributed by atoms with Crippen LogP contribution in [0.25, 0.3) is 10.9 Å². The number of fused-ring (bicyclic) bond motifs is 1. The second kappa shape index (κ2) is 6.57. The molecule has 0 aliphatic rings. The van der Waals surface area contributed by atoms with Gasteiger partial charge in [0.05, 0.1) is 6.10 Å². The van der Waals surface area contributed by atoms with E-state index in [4.69, 9.17) is 0 Å². The lowest BCUT2D eigenvalue weighted by Gasteiger charge is -2.11. The first kappa shape index (κ1) is 13.9. The van der Waals surface area contributed by atoms with Crippen LogP contribution in [0, 0.1) is 0 Å². The number of aromatic nitrogens is 1. The van der Waals surface area contributed by atoms with Crippen molar-refractivity contribution in [3.8, 4) is 0 Å². The lowest BCUT2D eigenvalue weighted by molar-refractivity contribution is 0.175. The summed E-state index contributed by atoms with van der Waals surface area (Å²) in [6.07, 6.45) is 2.57. The number of H-pyrrole nitrogens is 1. The normalized spacial score (nSPS) is 12.6. The summed E-state index contributed by atoms with van der Waals surface area (Å²) in [5, 5.41) is 14.7. The van der Waals surface area contributed by atoms with Crippen molar-refractivity contribution in [2.75, 3.05) is 13.1 Å². The largest absolute Gasteiger partial charge is 0.387 e. The van der Waals surface area contributed by atoms with Gasteiger partial charge in [0.1, 0.15) is 0 Å². The van der Waals surface area contributed by atoms with Crippen molar-refractivity contribution in [3.63, 3.8) is 0 Å². The monoisotopic (exact) mass is 280 g/mol. The Morgan fingerprint density at radius 3 is 2.62 bits per heavy atom. The molecule has 0 spiro atoms. The summed E-state index contributed by atoms with van der Waals surface area (Å²) in [6.45, 7) is 1.43. The number of aliphatic hydroxyl groups excluding tert-OH is 1. The van der Waals surface area contributed by atoms with E-state index in [0.29, 0.717) is 6.54 Å². The van der Waals surface area contributed by atoms with Gasteiger partial charge in [0.15, 0.2) is 0 Å². The van der Waals surface area contributed by atoms with Crippen molar-refractivity contribution in [1.82, 2.24) is 10.3 Å². The van der Waals surface area contributed by atoms with Gasteiger partial charge >= 0.3 is 0 Å². The van der Waals surface area contributed by atoms with E-state index in [2.05, 4.69) is 34.7 Å². The summed E-state index contributed by atoms with van der Waals surface area (Å²) in [7, 11) is 0. The molecule has 2 aromatic carbocycles. The maximum absolute atomic E-state index is 10.1. The molecule has 0 aliphatic carbocycles. The fourth-order valence-electron chi connectivity index (χ4n) is 2.59. The third-order valence-corrected chi connectivity index (χ3v) is 3.77. The summed E-state index contributed by atoms with van der Waals surface area (Å²) in [6, 6.07) is 18.1. The molecule has 1 heterocycles. The highest BCUT2D eigenvalue weighted by Gasteiger charge is 2.06. The average molecular weight is 280 g/mol. The molecule has 3 aromatic rings. The van der Waals surface area contributed by atoms with Crippen LogP contribution in [0.2, 0.25) is 0 Å². The Balaban J connectivity index is 1.50. The molecule has 0 bridgehead atoms. The molecule has 1 aromatic heterocycles. The zero-order chi connectivity index (χ0) is 14.5. The first-order valence-corrected chi connectivity index (χ1v) is 7.33. The zero-order valence-electron chi connectivity index (χ0n) is 11.9. The van der Waals surface area contributed by atoms with E-state index in [9.17, 15) is 5.11 Å². The molecule has 0 radical (unpaired) electrons. The van der Waals surface area contributed by atoms with Crippen LogP contribution in [0.3, 0.4) is 0 Å². The third kappa shape index (κ3) is 3.32. The zero-order valence-corrected chi connectivity index (χ0v) is 11.9. The van der Waals surface area contributed by atoms with Crippen LogP contribution in [0.5, 0.6) is 0 Å². The van der Waals surface area contributed by atoms with Crippen LogP contribution in [-0.2, 0) is 6.42 Å². The number of benzene rings is 2. The van der Waals surface area contributed by atoms with Crippen molar-refractivity contribution in [2.45, 2.75) is 12.5 Å². The van der Waals surface area contributed by atoms with E-state index in [1.807, 2.05) is 36.4 Å². The van der Waals surface area contributed by atoms with E-state index in [1.165, 1.54) is 16.5 Å². The SMILES string of the molecule is O[C@H](CNCCc1c[nH]c2ccccc12)c1ccccc1. The molecule has 3 rings (SSSR count). The standard InChI is InChI=1S/C18H20N2O/c21-18(14-6-2-1-3-7-14)13-19-11-10-15-12-20-17-9-5-4-8-16(15)17/h1-9,12,18-21H,10-11,13H2/t18-/m1/s1. The molecule has 0 saturated carbocycles. The fraction of sp³-hybridized carbons (Fsp3) is 0.222. The number of aliphatic hydroxyl groups is 1. The maximum Gasteiger partial charge on any atom is 0.0914 e. The Labute approximate surface area is 124 Å². The van der Waals surface area contributed by atoms with Gasteiger partial charge in [-0.15, -0.1) is 0 Å². The summed E-state index contributed by atoms with van der Waals surface area (Å²) < 4.78 is 0. The van der Waals surface area contributed by atoms with Gasteiger partial charge in [0.2, 0.25) is 0 Å². The smallest absolute Gasteiger partial charge is 0.0914 e. The van der Waals surface area contributed by atoms with E-state index in [-0.39, 0.29) is 0 Å². The molecule has 0 fully saturated rings. The average Bonchev–Trinajstić information content (AvgIpc) is 2.95. The van der Waals surface area contributed by atoms with Gasteiger partial charge < -0.3 is 15.4 Å². The van der Waals surface area contributed by atoms with Gasteiger partial charge in [0.25, 0.3) is 0 Å². The molecule has 0 unspecified atom stereocenters. The quantitative estimate of drug-likeness (QED) is 0.608. The summed E-state index contributed by atoms with van der Waals surface area (Å²) >= 11 is 0. The first-order valence-electron chi connectivity index (χ1n) is 7.33. The van der Waals surface area contributed by atoms with Gasteiger partial charge in [-0.3, -0.25) is 0 Å². The van der Waals surface area contributed by atoms with E-state index >= 15 is 0 Å². The van der Waals surface area contributed by atoms with Gasteiger partial charge in [-0.2, -0.15) is 0 Å². The lowest BCUT2D eigenvalue weighted by atomic mass is 10.1. The molecule has 0 saturated heterocycles. The van der Waals surface area contributed by atoms with Crippen LogP contribution >= 0.6 is 0 Å². The number of nitrogens with one attached hydrogen (secondary N) is 2. The molecule has 108 valence electrons. The molecular weight excluding hydrogens is 260 g/mol. The Hall–Kier alpha value is -2.10. The number of hydrogen-bond donors (Lipinski definition) is 3. The molecule has 3 heteroatoms. The molecule has 21 heavy (non-hydrogen) atoms. The predicted molar refractivity (Wildman–Crippen MR) is 86.3 cm³/mol. The molecular formula is C18H20N2O. The minimum Gasteiger partial charge on any atom is -0.387 e. The van der Waals surface area contributed by atoms with E-state index in [1.54, 1.807) is 0 Å². The number of para-hydroxylation sites is 1. The van der Waals surface area contributed by atoms with Crippen molar-refractivity contribution >= 4 is 10.9 Å². The summed E-state index contributed by atoms with van der Waals surface area (Å²) in [5.41, 5.74) is 3.45. The Bertz CT molecular complexity index is 691. The molecule has 3 N–H and O–H groups in total. The van der Waals surface area contributed by atoms with Crippen molar-refractivity contribution in [3.05, 3.63) is 71.9 Å². The predicted octanol–water partition coefficient (Wildman–Crippen LogP) is 3.03. The Morgan fingerprint density at radius 2 is 1.76 bits per heavy atom.